The first kappa shape index (κ1) is 14.1. The number of piperidine rings is 1. The maximum absolute atomic E-state index is 5.72. The predicted molar refractivity (Wildman–Crippen MR) is 73.6 cm³/mol. The molecular formula is C14H23N3O2. The van der Waals surface area contributed by atoms with Gasteiger partial charge in [0.25, 0.3) is 0 Å². The lowest BCUT2D eigenvalue weighted by Crippen LogP contribution is -2.30. The molecule has 0 spiro atoms. The summed E-state index contributed by atoms with van der Waals surface area (Å²) in [7, 11) is 0. The minimum Gasteiger partial charge on any atom is -0.475 e. The summed E-state index contributed by atoms with van der Waals surface area (Å²) < 4.78 is 11.3. The maximum Gasteiger partial charge on any atom is 0.319 e. The third-order valence-corrected chi connectivity index (χ3v) is 3.07. The first-order valence-electron chi connectivity index (χ1n) is 6.99. The first-order valence-corrected chi connectivity index (χ1v) is 6.99. The van der Waals surface area contributed by atoms with Crippen LogP contribution in [0.2, 0.25) is 0 Å². The molecule has 1 aromatic rings. The molecule has 0 atom stereocenters. The van der Waals surface area contributed by atoms with Crippen molar-refractivity contribution < 1.29 is 9.47 Å². The highest BCUT2D eigenvalue weighted by atomic mass is 16.5. The highest BCUT2D eigenvalue weighted by Gasteiger charge is 2.14. The van der Waals surface area contributed by atoms with Gasteiger partial charge in [-0.2, -0.15) is 4.98 Å². The van der Waals surface area contributed by atoms with E-state index in [4.69, 9.17) is 9.47 Å². The van der Waals surface area contributed by atoms with Crippen molar-refractivity contribution in [1.29, 1.82) is 0 Å². The summed E-state index contributed by atoms with van der Waals surface area (Å²) in [5.74, 6) is 1.18. The van der Waals surface area contributed by atoms with E-state index in [1.807, 2.05) is 26.8 Å². The van der Waals surface area contributed by atoms with Crippen molar-refractivity contribution in [2.45, 2.75) is 39.7 Å². The van der Waals surface area contributed by atoms with Crippen molar-refractivity contribution in [1.82, 2.24) is 15.3 Å². The maximum atomic E-state index is 5.72. The van der Waals surface area contributed by atoms with Crippen molar-refractivity contribution >= 4 is 0 Å². The van der Waals surface area contributed by atoms with E-state index in [0.29, 0.717) is 24.4 Å². The van der Waals surface area contributed by atoms with Crippen molar-refractivity contribution in [2.24, 2.45) is 5.92 Å². The Hall–Kier alpha value is -1.36. The van der Waals surface area contributed by atoms with Crippen LogP contribution in [-0.4, -0.2) is 35.8 Å². The van der Waals surface area contributed by atoms with Crippen LogP contribution < -0.4 is 14.8 Å². The molecule has 0 aromatic carbocycles. The van der Waals surface area contributed by atoms with Gasteiger partial charge < -0.3 is 14.8 Å². The third-order valence-electron chi connectivity index (χ3n) is 3.07. The van der Waals surface area contributed by atoms with E-state index < -0.39 is 0 Å². The molecule has 0 radical (unpaired) electrons. The topological polar surface area (TPSA) is 56.3 Å². The molecule has 2 heterocycles. The van der Waals surface area contributed by atoms with E-state index in [1.54, 1.807) is 0 Å². The highest BCUT2D eigenvalue weighted by molar-refractivity contribution is 5.17. The Labute approximate surface area is 114 Å². The van der Waals surface area contributed by atoms with Gasteiger partial charge in [-0.25, -0.2) is 4.98 Å². The van der Waals surface area contributed by atoms with Crippen LogP contribution in [0.3, 0.4) is 0 Å². The summed E-state index contributed by atoms with van der Waals surface area (Å²) in [5.41, 5.74) is 0.867. The number of aryl methyl sites for hydroxylation is 1. The van der Waals surface area contributed by atoms with Crippen LogP contribution in [0.1, 0.15) is 32.4 Å². The molecule has 0 amide bonds. The Kier molecular flexibility index (Phi) is 4.96. The smallest absolute Gasteiger partial charge is 0.319 e. The lowest BCUT2D eigenvalue weighted by atomic mass is 9.99. The number of nitrogens with zero attached hydrogens (tertiary/aromatic N) is 2. The molecule has 5 nitrogen and oxygen atoms in total. The summed E-state index contributed by atoms with van der Waals surface area (Å²) in [5, 5.41) is 3.35. The molecule has 19 heavy (non-hydrogen) atoms. The zero-order chi connectivity index (χ0) is 13.7. The van der Waals surface area contributed by atoms with Crippen LogP contribution in [0.5, 0.6) is 11.9 Å². The zero-order valence-corrected chi connectivity index (χ0v) is 12.0. The van der Waals surface area contributed by atoms with Gasteiger partial charge in [0.15, 0.2) is 0 Å². The standard InChI is InChI=1S/C14H23N3O2/c1-10(2)19-13-8-11(3)16-14(17-13)18-9-12-4-6-15-7-5-12/h8,10,12,15H,4-7,9H2,1-3H3. The average Bonchev–Trinajstić information content (AvgIpc) is 2.36. The minimum atomic E-state index is 0.103. The van der Waals surface area contributed by atoms with Gasteiger partial charge in [-0.3, -0.25) is 0 Å². The highest BCUT2D eigenvalue weighted by Crippen LogP contribution is 2.17. The summed E-state index contributed by atoms with van der Waals surface area (Å²) in [6.45, 7) is 8.72. The number of hydrogen-bond acceptors (Lipinski definition) is 5. The van der Waals surface area contributed by atoms with E-state index in [9.17, 15) is 0 Å². The van der Waals surface area contributed by atoms with Crippen molar-refractivity contribution in [3.05, 3.63) is 11.8 Å². The van der Waals surface area contributed by atoms with Crippen LogP contribution in [0.25, 0.3) is 0 Å². The summed E-state index contributed by atoms with van der Waals surface area (Å²) in [6, 6.07) is 2.26. The van der Waals surface area contributed by atoms with Gasteiger partial charge in [0, 0.05) is 11.8 Å². The number of aromatic nitrogens is 2. The molecule has 1 saturated heterocycles. The second kappa shape index (κ2) is 6.70. The molecule has 1 aromatic heterocycles. The van der Waals surface area contributed by atoms with E-state index in [-0.39, 0.29) is 6.10 Å². The fourth-order valence-electron chi connectivity index (χ4n) is 2.12. The van der Waals surface area contributed by atoms with Gasteiger partial charge >= 0.3 is 6.01 Å². The Morgan fingerprint density at radius 3 is 2.74 bits per heavy atom. The lowest BCUT2D eigenvalue weighted by molar-refractivity contribution is 0.192. The van der Waals surface area contributed by atoms with Gasteiger partial charge in [0.2, 0.25) is 5.88 Å². The largest absolute Gasteiger partial charge is 0.475 e. The molecule has 1 aliphatic rings. The molecule has 0 aliphatic carbocycles. The Balaban J connectivity index is 1.93. The zero-order valence-electron chi connectivity index (χ0n) is 12.0. The first-order chi connectivity index (χ1) is 9.13. The molecule has 0 unspecified atom stereocenters. The number of nitrogens with one attached hydrogen (secondary N) is 1. The quantitative estimate of drug-likeness (QED) is 0.882. The number of hydrogen-bond donors (Lipinski definition) is 1. The summed E-state index contributed by atoms with van der Waals surface area (Å²) in [4.78, 5) is 8.58. The molecule has 1 aliphatic heterocycles. The fourth-order valence-corrected chi connectivity index (χ4v) is 2.12. The minimum absolute atomic E-state index is 0.103. The van der Waals surface area contributed by atoms with E-state index in [2.05, 4.69) is 15.3 Å². The monoisotopic (exact) mass is 265 g/mol. The van der Waals surface area contributed by atoms with Crippen LogP contribution in [0, 0.1) is 12.8 Å². The summed E-state index contributed by atoms with van der Waals surface area (Å²) >= 11 is 0. The van der Waals surface area contributed by atoms with E-state index in [1.165, 1.54) is 0 Å². The molecule has 0 saturated carbocycles. The SMILES string of the molecule is Cc1cc(OC(C)C)nc(OCC2CCNCC2)n1. The molecule has 1 N–H and O–H groups in total. The molecule has 106 valence electrons. The van der Waals surface area contributed by atoms with Gasteiger partial charge in [0.1, 0.15) is 0 Å². The molecular weight excluding hydrogens is 242 g/mol. The predicted octanol–water partition coefficient (Wildman–Crippen LogP) is 1.95. The summed E-state index contributed by atoms with van der Waals surface area (Å²) in [6.07, 6.45) is 2.41. The van der Waals surface area contributed by atoms with Gasteiger partial charge in [-0.1, -0.05) is 0 Å². The van der Waals surface area contributed by atoms with Gasteiger partial charge in [-0.15, -0.1) is 0 Å². The van der Waals surface area contributed by atoms with Crippen molar-refractivity contribution in [3.63, 3.8) is 0 Å². The van der Waals surface area contributed by atoms with E-state index >= 15 is 0 Å². The fraction of sp³-hybridized carbons (Fsp3) is 0.714. The molecule has 2 rings (SSSR count). The van der Waals surface area contributed by atoms with Gasteiger partial charge in [0.05, 0.1) is 12.7 Å². The number of ether oxygens (including phenoxy) is 2. The molecule has 0 bridgehead atoms. The molecule has 1 fully saturated rings. The Morgan fingerprint density at radius 1 is 1.32 bits per heavy atom. The Bertz CT molecular complexity index is 404. The second-order valence-corrected chi connectivity index (χ2v) is 5.30. The third kappa shape index (κ3) is 4.67. The average molecular weight is 265 g/mol. The second-order valence-electron chi connectivity index (χ2n) is 5.30. The van der Waals surface area contributed by atoms with Crippen LogP contribution in [-0.2, 0) is 0 Å². The van der Waals surface area contributed by atoms with Gasteiger partial charge in [-0.05, 0) is 52.6 Å². The number of rotatable bonds is 5. The Morgan fingerprint density at radius 2 is 2.05 bits per heavy atom. The van der Waals surface area contributed by atoms with Crippen LogP contribution in [0.4, 0.5) is 0 Å². The van der Waals surface area contributed by atoms with Crippen LogP contribution >= 0.6 is 0 Å². The normalized spacial score (nSPS) is 16.6. The molecule has 5 heteroatoms. The van der Waals surface area contributed by atoms with Crippen molar-refractivity contribution in [2.75, 3.05) is 19.7 Å². The van der Waals surface area contributed by atoms with Crippen molar-refractivity contribution in [3.8, 4) is 11.9 Å². The lowest BCUT2D eigenvalue weighted by Gasteiger charge is -2.22. The van der Waals surface area contributed by atoms with E-state index in [0.717, 1.165) is 31.6 Å². The van der Waals surface area contributed by atoms with Crippen LogP contribution in [0.15, 0.2) is 6.07 Å².